The van der Waals surface area contributed by atoms with Gasteiger partial charge in [-0.3, -0.25) is 9.69 Å². The minimum atomic E-state index is -0.0523. The molecule has 1 aromatic heterocycles. The average molecular weight is 512 g/mol. The standard InChI is InChI=1S/C30H33N5OS/c1-21-13-23(18-34-11-9-33(2)10-12-34)15-25(14-21)30(36)32-26-5-4-24-7-8-35(28(24)17-26)19-22-3-6-27-29(16-22)37-20-31-27/h3-6,13-17,20H,7-12,18-19H2,1-2H3,(H,32,36). The fourth-order valence-electron chi connectivity index (χ4n) is 5.46. The molecule has 1 fully saturated rings. The van der Waals surface area contributed by atoms with E-state index in [1.54, 1.807) is 11.3 Å². The SMILES string of the molecule is Cc1cc(CN2CCN(C)CC2)cc(C(=O)Nc2ccc3c(c2)N(Cc2ccc4ncsc4c2)CC3)c1. The van der Waals surface area contributed by atoms with Crippen LogP contribution in [0.2, 0.25) is 0 Å². The lowest BCUT2D eigenvalue weighted by Crippen LogP contribution is -2.43. The lowest BCUT2D eigenvalue weighted by molar-refractivity contribution is 0.102. The first-order chi connectivity index (χ1) is 18.0. The van der Waals surface area contributed by atoms with Crippen LogP contribution in [0.15, 0.2) is 60.1 Å². The Labute approximate surface area is 222 Å². The van der Waals surface area contributed by atoms with E-state index in [2.05, 4.69) is 81.4 Å². The van der Waals surface area contributed by atoms with Gasteiger partial charge in [0.15, 0.2) is 0 Å². The number of carbonyl (C=O) groups is 1. The van der Waals surface area contributed by atoms with Crippen molar-refractivity contribution in [1.29, 1.82) is 0 Å². The number of anilines is 2. The van der Waals surface area contributed by atoms with E-state index in [0.29, 0.717) is 0 Å². The number of hydrogen-bond acceptors (Lipinski definition) is 6. The number of nitrogens with one attached hydrogen (secondary N) is 1. The summed E-state index contributed by atoms with van der Waals surface area (Å²) < 4.78 is 1.23. The van der Waals surface area contributed by atoms with Crippen LogP contribution >= 0.6 is 11.3 Å². The third kappa shape index (κ3) is 5.39. The molecule has 190 valence electrons. The van der Waals surface area contributed by atoms with Crippen LogP contribution in [0.25, 0.3) is 10.2 Å². The highest BCUT2D eigenvalue weighted by molar-refractivity contribution is 7.16. The number of amides is 1. The Morgan fingerprint density at radius 3 is 2.68 bits per heavy atom. The summed E-state index contributed by atoms with van der Waals surface area (Å²) in [5.41, 5.74) is 10.7. The number of thiazole rings is 1. The molecule has 0 saturated carbocycles. The van der Waals surface area contributed by atoms with Gasteiger partial charge in [0.25, 0.3) is 5.91 Å². The minimum absolute atomic E-state index is 0.0523. The second-order valence-electron chi connectivity index (χ2n) is 10.4. The number of rotatable bonds is 6. The van der Waals surface area contributed by atoms with E-state index in [9.17, 15) is 4.79 Å². The van der Waals surface area contributed by atoms with Crippen LogP contribution in [0.4, 0.5) is 11.4 Å². The average Bonchev–Trinajstić information content (AvgIpc) is 3.52. The van der Waals surface area contributed by atoms with E-state index < -0.39 is 0 Å². The summed E-state index contributed by atoms with van der Waals surface area (Å²) in [6.45, 7) is 9.11. The second kappa shape index (κ2) is 10.2. The quantitative estimate of drug-likeness (QED) is 0.387. The van der Waals surface area contributed by atoms with Crippen molar-refractivity contribution in [2.45, 2.75) is 26.4 Å². The summed E-state index contributed by atoms with van der Waals surface area (Å²) in [5, 5.41) is 3.16. The van der Waals surface area contributed by atoms with E-state index in [-0.39, 0.29) is 5.91 Å². The molecule has 0 atom stereocenters. The van der Waals surface area contributed by atoms with Crippen LogP contribution in [0.1, 0.15) is 32.6 Å². The van der Waals surface area contributed by atoms with E-state index in [1.165, 1.54) is 27.1 Å². The van der Waals surface area contributed by atoms with E-state index in [1.807, 2.05) is 17.6 Å². The fraction of sp³-hybridized carbons (Fsp3) is 0.333. The molecule has 1 N–H and O–H groups in total. The molecule has 1 saturated heterocycles. The lowest BCUT2D eigenvalue weighted by atomic mass is 10.0. The number of carbonyl (C=O) groups excluding carboxylic acids is 1. The Balaban J connectivity index is 1.16. The summed E-state index contributed by atoms with van der Waals surface area (Å²) in [5.74, 6) is -0.0523. The molecule has 7 heteroatoms. The van der Waals surface area contributed by atoms with Crippen molar-refractivity contribution in [3.05, 3.63) is 87.9 Å². The Morgan fingerprint density at radius 1 is 0.946 bits per heavy atom. The third-order valence-electron chi connectivity index (χ3n) is 7.51. The molecule has 3 heterocycles. The van der Waals surface area contributed by atoms with Crippen LogP contribution in [-0.2, 0) is 19.5 Å². The molecule has 0 spiro atoms. The summed E-state index contributed by atoms with van der Waals surface area (Å²) in [6.07, 6.45) is 1.03. The van der Waals surface area contributed by atoms with Crippen molar-refractivity contribution in [1.82, 2.24) is 14.8 Å². The largest absolute Gasteiger partial charge is 0.367 e. The highest BCUT2D eigenvalue weighted by Crippen LogP contribution is 2.33. The van der Waals surface area contributed by atoms with Crippen molar-refractivity contribution in [2.24, 2.45) is 0 Å². The molecule has 2 aliphatic rings. The Bertz CT molecular complexity index is 1440. The van der Waals surface area contributed by atoms with E-state index in [4.69, 9.17) is 0 Å². The van der Waals surface area contributed by atoms with Gasteiger partial charge < -0.3 is 15.1 Å². The molecule has 0 unspecified atom stereocenters. The summed E-state index contributed by atoms with van der Waals surface area (Å²) in [6, 6.07) is 19.1. The molecule has 0 aliphatic carbocycles. The highest BCUT2D eigenvalue weighted by atomic mass is 32.1. The van der Waals surface area contributed by atoms with Crippen molar-refractivity contribution in [2.75, 3.05) is 50.0 Å². The molecule has 0 radical (unpaired) electrons. The van der Waals surface area contributed by atoms with E-state index >= 15 is 0 Å². The molecule has 2 aliphatic heterocycles. The number of fused-ring (bicyclic) bond motifs is 2. The maximum atomic E-state index is 13.3. The predicted molar refractivity (Wildman–Crippen MR) is 153 cm³/mol. The molecule has 3 aromatic carbocycles. The minimum Gasteiger partial charge on any atom is -0.367 e. The molecule has 6 nitrogen and oxygen atoms in total. The van der Waals surface area contributed by atoms with Gasteiger partial charge in [-0.25, -0.2) is 4.98 Å². The molecular formula is C30H33N5OS. The molecule has 0 bridgehead atoms. The zero-order chi connectivity index (χ0) is 25.4. The summed E-state index contributed by atoms with van der Waals surface area (Å²) in [7, 11) is 2.17. The number of nitrogens with zero attached hydrogens (tertiary/aromatic N) is 4. The van der Waals surface area contributed by atoms with Crippen molar-refractivity contribution >= 4 is 38.8 Å². The normalized spacial score (nSPS) is 16.3. The first kappa shape index (κ1) is 24.1. The van der Waals surface area contributed by atoms with Gasteiger partial charge in [-0.15, -0.1) is 11.3 Å². The Kier molecular flexibility index (Phi) is 6.67. The van der Waals surface area contributed by atoms with E-state index in [0.717, 1.165) is 74.6 Å². The number of benzene rings is 3. The van der Waals surface area contributed by atoms with Crippen LogP contribution in [-0.4, -0.2) is 60.5 Å². The topological polar surface area (TPSA) is 51.7 Å². The third-order valence-corrected chi connectivity index (χ3v) is 8.30. The summed E-state index contributed by atoms with van der Waals surface area (Å²) >= 11 is 1.68. The maximum absolute atomic E-state index is 13.3. The van der Waals surface area contributed by atoms with Gasteiger partial charge in [-0.1, -0.05) is 23.8 Å². The van der Waals surface area contributed by atoms with Gasteiger partial charge in [0, 0.05) is 62.8 Å². The number of likely N-dealkylation sites (N-methyl/N-ethyl adjacent to an activating group) is 1. The number of aryl methyl sites for hydroxylation is 1. The van der Waals surface area contributed by atoms with Crippen LogP contribution in [0.3, 0.4) is 0 Å². The zero-order valence-corrected chi connectivity index (χ0v) is 22.4. The molecule has 6 rings (SSSR count). The van der Waals surface area contributed by atoms with Crippen LogP contribution in [0, 0.1) is 6.92 Å². The smallest absolute Gasteiger partial charge is 0.255 e. The highest BCUT2D eigenvalue weighted by Gasteiger charge is 2.21. The molecular weight excluding hydrogens is 478 g/mol. The van der Waals surface area contributed by atoms with Gasteiger partial charge in [0.2, 0.25) is 0 Å². The second-order valence-corrected chi connectivity index (χ2v) is 11.3. The van der Waals surface area contributed by atoms with Crippen molar-refractivity contribution in [3.63, 3.8) is 0 Å². The van der Waals surface area contributed by atoms with Gasteiger partial charge in [0.05, 0.1) is 15.7 Å². The Hall–Kier alpha value is -3.26. The number of piperazine rings is 1. The Morgan fingerprint density at radius 2 is 1.81 bits per heavy atom. The fourth-order valence-corrected chi connectivity index (χ4v) is 6.20. The molecule has 1 amide bonds. The van der Waals surface area contributed by atoms with Gasteiger partial charge in [0.1, 0.15) is 0 Å². The van der Waals surface area contributed by atoms with Gasteiger partial charge in [-0.2, -0.15) is 0 Å². The first-order valence-electron chi connectivity index (χ1n) is 13.0. The van der Waals surface area contributed by atoms with Gasteiger partial charge in [-0.05, 0) is 73.5 Å². The van der Waals surface area contributed by atoms with Crippen molar-refractivity contribution in [3.8, 4) is 0 Å². The lowest BCUT2D eigenvalue weighted by Gasteiger charge is -2.32. The van der Waals surface area contributed by atoms with Crippen molar-refractivity contribution < 1.29 is 4.79 Å². The number of hydrogen-bond donors (Lipinski definition) is 1. The summed E-state index contributed by atoms with van der Waals surface area (Å²) in [4.78, 5) is 24.9. The molecule has 4 aromatic rings. The zero-order valence-electron chi connectivity index (χ0n) is 21.5. The molecule has 37 heavy (non-hydrogen) atoms. The van der Waals surface area contributed by atoms with Crippen LogP contribution < -0.4 is 10.2 Å². The predicted octanol–water partition coefficient (Wildman–Crippen LogP) is 5.17. The first-order valence-corrected chi connectivity index (χ1v) is 13.9. The van der Waals surface area contributed by atoms with Crippen LogP contribution in [0.5, 0.6) is 0 Å². The maximum Gasteiger partial charge on any atom is 0.255 e. The monoisotopic (exact) mass is 511 g/mol. The van der Waals surface area contributed by atoms with Gasteiger partial charge >= 0.3 is 0 Å². The number of aromatic nitrogens is 1.